The zero-order valence-electron chi connectivity index (χ0n) is 16.2. The molecule has 29 heavy (non-hydrogen) atoms. The quantitative estimate of drug-likeness (QED) is 0.670. The lowest BCUT2D eigenvalue weighted by atomic mass is 10.0. The molecule has 0 atom stereocenters. The lowest BCUT2D eigenvalue weighted by molar-refractivity contribution is 0.0651. The number of nitrogens with zero attached hydrogens (tertiary/aromatic N) is 1. The second-order valence-electron chi connectivity index (χ2n) is 6.95. The van der Waals surface area contributed by atoms with E-state index in [-0.39, 0.29) is 23.3 Å². The Labute approximate surface area is 168 Å². The van der Waals surface area contributed by atoms with Gasteiger partial charge in [0.2, 0.25) is 5.91 Å². The van der Waals surface area contributed by atoms with E-state index in [9.17, 15) is 19.2 Å². The van der Waals surface area contributed by atoms with Crippen LogP contribution >= 0.6 is 0 Å². The van der Waals surface area contributed by atoms with Gasteiger partial charge in [-0.1, -0.05) is 25.5 Å². The first-order chi connectivity index (χ1) is 13.9. The summed E-state index contributed by atoms with van der Waals surface area (Å²) in [6, 6.07) is 11.5. The maximum atomic E-state index is 12.5. The maximum absolute atomic E-state index is 12.5. The van der Waals surface area contributed by atoms with E-state index >= 15 is 0 Å². The second-order valence-corrected chi connectivity index (χ2v) is 6.95. The van der Waals surface area contributed by atoms with Crippen molar-refractivity contribution in [1.29, 1.82) is 0 Å². The molecule has 7 heteroatoms. The molecule has 0 saturated carbocycles. The van der Waals surface area contributed by atoms with Crippen LogP contribution in [0.15, 0.2) is 42.5 Å². The standard InChI is InChI=1S/C22H23N3O4/c1-2-3-11-25-21(28)17-8-7-16(13-18(17)22(25)29)20(27)24-10-9-14-5-4-6-15(12-14)19(23)26/h4-8,12-13H,2-3,9-11H2,1H3,(H2,23,26)(H,24,27). The third-order valence-electron chi connectivity index (χ3n) is 4.88. The number of imide groups is 1. The molecule has 2 aromatic carbocycles. The number of benzene rings is 2. The molecule has 7 nitrogen and oxygen atoms in total. The molecule has 0 fully saturated rings. The first kappa shape index (κ1) is 20.3. The number of hydrogen-bond acceptors (Lipinski definition) is 4. The first-order valence-electron chi connectivity index (χ1n) is 9.59. The van der Waals surface area contributed by atoms with Gasteiger partial charge in [0.05, 0.1) is 11.1 Å². The topological polar surface area (TPSA) is 110 Å². The summed E-state index contributed by atoms with van der Waals surface area (Å²) in [5.74, 6) is -1.48. The van der Waals surface area contributed by atoms with Gasteiger partial charge in [-0.2, -0.15) is 0 Å². The summed E-state index contributed by atoms with van der Waals surface area (Å²) in [5.41, 5.74) is 7.51. The number of rotatable bonds is 8. The van der Waals surface area contributed by atoms with Crippen molar-refractivity contribution in [3.8, 4) is 0 Å². The molecule has 3 N–H and O–H groups in total. The van der Waals surface area contributed by atoms with Crippen LogP contribution in [0.1, 0.15) is 66.8 Å². The second kappa shape index (κ2) is 8.68. The van der Waals surface area contributed by atoms with Gasteiger partial charge in [0.1, 0.15) is 0 Å². The minimum atomic E-state index is -0.499. The SMILES string of the molecule is CCCCN1C(=O)c2ccc(C(=O)NCCc3cccc(C(N)=O)c3)cc2C1=O. The van der Waals surface area contributed by atoms with Crippen molar-refractivity contribution >= 4 is 23.6 Å². The summed E-state index contributed by atoms with van der Waals surface area (Å²) in [4.78, 5) is 49.8. The molecule has 0 aliphatic carbocycles. The van der Waals surface area contributed by atoms with Gasteiger partial charge in [-0.15, -0.1) is 0 Å². The lowest BCUT2D eigenvalue weighted by Gasteiger charge is -2.12. The zero-order chi connectivity index (χ0) is 21.0. The van der Waals surface area contributed by atoms with E-state index < -0.39 is 5.91 Å². The van der Waals surface area contributed by atoms with Gasteiger partial charge in [-0.25, -0.2) is 0 Å². The molecule has 3 rings (SSSR count). The van der Waals surface area contributed by atoms with Crippen molar-refractivity contribution in [1.82, 2.24) is 10.2 Å². The van der Waals surface area contributed by atoms with E-state index in [1.54, 1.807) is 24.3 Å². The molecule has 150 valence electrons. The largest absolute Gasteiger partial charge is 0.366 e. The molecule has 1 aliphatic heterocycles. The van der Waals surface area contributed by atoms with Gasteiger partial charge in [-0.3, -0.25) is 24.1 Å². The van der Waals surface area contributed by atoms with E-state index in [4.69, 9.17) is 5.73 Å². The molecular formula is C22H23N3O4. The van der Waals surface area contributed by atoms with Crippen LogP contribution in [0.25, 0.3) is 0 Å². The summed E-state index contributed by atoms with van der Waals surface area (Å²) in [6.45, 7) is 2.73. The van der Waals surface area contributed by atoms with Crippen LogP contribution in [-0.4, -0.2) is 41.6 Å². The number of unbranched alkanes of at least 4 members (excludes halogenated alkanes) is 1. The Bertz CT molecular complexity index is 984. The highest BCUT2D eigenvalue weighted by Gasteiger charge is 2.35. The van der Waals surface area contributed by atoms with Gasteiger partial charge in [0, 0.05) is 24.2 Å². The zero-order valence-corrected chi connectivity index (χ0v) is 16.2. The number of carbonyl (C=O) groups excluding carboxylic acids is 4. The minimum absolute atomic E-state index is 0.271. The summed E-state index contributed by atoms with van der Waals surface area (Å²) in [7, 11) is 0. The van der Waals surface area contributed by atoms with Crippen LogP contribution < -0.4 is 11.1 Å². The Balaban J connectivity index is 1.64. The minimum Gasteiger partial charge on any atom is -0.366 e. The summed E-state index contributed by atoms with van der Waals surface area (Å²) < 4.78 is 0. The summed E-state index contributed by atoms with van der Waals surface area (Å²) >= 11 is 0. The molecule has 0 radical (unpaired) electrons. The van der Waals surface area contributed by atoms with Crippen molar-refractivity contribution in [2.45, 2.75) is 26.2 Å². The number of hydrogen-bond donors (Lipinski definition) is 2. The Hall–Kier alpha value is -3.48. The van der Waals surface area contributed by atoms with Gasteiger partial charge in [0.25, 0.3) is 17.7 Å². The molecule has 0 spiro atoms. The molecule has 1 heterocycles. The van der Waals surface area contributed by atoms with Crippen molar-refractivity contribution in [2.75, 3.05) is 13.1 Å². The predicted octanol–water partition coefficient (Wildman–Crippen LogP) is 2.15. The highest BCUT2D eigenvalue weighted by molar-refractivity contribution is 6.22. The van der Waals surface area contributed by atoms with Gasteiger partial charge < -0.3 is 11.1 Å². The number of fused-ring (bicyclic) bond motifs is 1. The number of nitrogens with one attached hydrogen (secondary N) is 1. The summed E-state index contributed by atoms with van der Waals surface area (Å²) in [5, 5.41) is 2.79. The van der Waals surface area contributed by atoms with Crippen LogP contribution in [0.3, 0.4) is 0 Å². The number of carbonyl (C=O) groups is 4. The normalized spacial score (nSPS) is 12.8. The fourth-order valence-corrected chi connectivity index (χ4v) is 3.25. The van der Waals surface area contributed by atoms with Crippen LogP contribution in [0.2, 0.25) is 0 Å². The van der Waals surface area contributed by atoms with E-state index in [0.717, 1.165) is 18.4 Å². The molecule has 0 saturated heterocycles. The van der Waals surface area contributed by atoms with Crippen LogP contribution in [-0.2, 0) is 6.42 Å². The number of amides is 4. The lowest BCUT2D eigenvalue weighted by Crippen LogP contribution is -2.30. The average Bonchev–Trinajstić information content (AvgIpc) is 2.96. The van der Waals surface area contributed by atoms with Crippen LogP contribution in [0.5, 0.6) is 0 Å². The number of nitrogens with two attached hydrogens (primary N) is 1. The third kappa shape index (κ3) is 4.34. The van der Waals surface area contributed by atoms with Crippen molar-refractivity contribution < 1.29 is 19.2 Å². The van der Waals surface area contributed by atoms with E-state index in [1.807, 2.05) is 13.0 Å². The van der Waals surface area contributed by atoms with E-state index in [1.165, 1.54) is 17.0 Å². The Morgan fingerprint density at radius 3 is 2.48 bits per heavy atom. The van der Waals surface area contributed by atoms with E-state index in [0.29, 0.717) is 36.2 Å². The van der Waals surface area contributed by atoms with Crippen molar-refractivity contribution in [3.63, 3.8) is 0 Å². The smallest absolute Gasteiger partial charge is 0.261 e. The fourth-order valence-electron chi connectivity index (χ4n) is 3.25. The van der Waals surface area contributed by atoms with E-state index in [2.05, 4.69) is 5.32 Å². The Kier molecular flexibility index (Phi) is 6.07. The fraction of sp³-hybridized carbons (Fsp3) is 0.273. The van der Waals surface area contributed by atoms with Crippen LogP contribution in [0.4, 0.5) is 0 Å². The molecule has 2 aromatic rings. The highest BCUT2D eigenvalue weighted by Crippen LogP contribution is 2.24. The summed E-state index contributed by atoms with van der Waals surface area (Å²) in [6.07, 6.45) is 2.15. The van der Waals surface area contributed by atoms with Gasteiger partial charge in [0.15, 0.2) is 0 Å². The van der Waals surface area contributed by atoms with Gasteiger partial charge in [-0.05, 0) is 48.7 Å². The third-order valence-corrected chi connectivity index (χ3v) is 4.88. The van der Waals surface area contributed by atoms with Crippen molar-refractivity contribution in [3.05, 3.63) is 70.3 Å². The van der Waals surface area contributed by atoms with Crippen LogP contribution in [0, 0.1) is 0 Å². The first-order valence-corrected chi connectivity index (χ1v) is 9.59. The Morgan fingerprint density at radius 1 is 1.00 bits per heavy atom. The van der Waals surface area contributed by atoms with Crippen molar-refractivity contribution in [2.24, 2.45) is 5.73 Å². The molecule has 1 aliphatic rings. The maximum Gasteiger partial charge on any atom is 0.261 e. The number of primary amides is 1. The molecule has 0 bridgehead atoms. The molecular weight excluding hydrogens is 370 g/mol. The monoisotopic (exact) mass is 393 g/mol. The highest BCUT2D eigenvalue weighted by atomic mass is 16.2. The van der Waals surface area contributed by atoms with Gasteiger partial charge >= 0.3 is 0 Å². The average molecular weight is 393 g/mol. The predicted molar refractivity (Wildman–Crippen MR) is 108 cm³/mol. The molecule has 0 unspecified atom stereocenters. The molecule has 4 amide bonds. The Morgan fingerprint density at radius 2 is 1.76 bits per heavy atom. The molecule has 0 aromatic heterocycles.